The summed E-state index contributed by atoms with van der Waals surface area (Å²) in [6.45, 7) is 0.538. The number of hydrogen-bond acceptors (Lipinski definition) is 4. The van der Waals surface area contributed by atoms with Gasteiger partial charge in [0.15, 0.2) is 0 Å². The minimum Gasteiger partial charge on any atom is -0.435 e. The number of halogens is 2. The third kappa shape index (κ3) is 5.90. The number of nitrogens with zero attached hydrogens (tertiary/aromatic N) is 1. The predicted octanol–water partition coefficient (Wildman–Crippen LogP) is 3.41. The third-order valence-corrected chi connectivity index (χ3v) is 4.45. The van der Waals surface area contributed by atoms with E-state index in [9.17, 15) is 13.6 Å². The monoisotopic (exact) mass is 354 g/mol. The molecule has 1 heterocycles. The van der Waals surface area contributed by atoms with Gasteiger partial charge >= 0.3 is 6.61 Å². The molecule has 0 saturated carbocycles. The molecule has 4 nitrogen and oxygen atoms in total. The minimum atomic E-state index is -2.82. The Morgan fingerprint density at radius 3 is 2.58 bits per heavy atom. The zero-order chi connectivity index (χ0) is 17.5. The van der Waals surface area contributed by atoms with E-state index in [0.717, 1.165) is 10.4 Å². The lowest BCUT2D eigenvalue weighted by atomic mass is 10.2. The van der Waals surface area contributed by atoms with Crippen LogP contribution < -0.4 is 10.1 Å². The summed E-state index contributed by atoms with van der Waals surface area (Å²) < 4.78 is 28.5. The molecular weight excluding hydrogens is 334 g/mol. The van der Waals surface area contributed by atoms with E-state index in [1.54, 1.807) is 23.5 Å². The summed E-state index contributed by atoms with van der Waals surface area (Å²) in [5, 5.41) is 4.90. The number of carbonyl (C=O) groups is 1. The van der Waals surface area contributed by atoms with Gasteiger partial charge in [-0.1, -0.05) is 12.1 Å². The molecule has 130 valence electrons. The van der Waals surface area contributed by atoms with E-state index >= 15 is 0 Å². The molecule has 7 heteroatoms. The molecule has 1 N–H and O–H groups in total. The second-order valence-electron chi connectivity index (χ2n) is 5.50. The van der Waals surface area contributed by atoms with Crippen LogP contribution in [0.4, 0.5) is 8.78 Å². The Morgan fingerprint density at radius 1 is 1.29 bits per heavy atom. The van der Waals surface area contributed by atoms with Crippen LogP contribution in [-0.2, 0) is 17.9 Å². The van der Waals surface area contributed by atoms with Gasteiger partial charge in [0, 0.05) is 11.4 Å². The average molecular weight is 354 g/mol. The van der Waals surface area contributed by atoms with E-state index in [1.807, 2.05) is 30.3 Å². The van der Waals surface area contributed by atoms with Gasteiger partial charge in [0.2, 0.25) is 5.91 Å². The predicted molar refractivity (Wildman–Crippen MR) is 90.3 cm³/mol. The van der Waals surface area contributed by atoms with Crippen molar-refractivity contribution in [1.82, 2.24) is 10.2 Å². The molecule has 0 atom stereocenters. The fraction of sp³-hybridized carbons (Fsp3) is 0.353. The van der Waals surface area contributed by atoms with Crippen LogP contribution in [0.25, 0.3) is 0 Å². The van der Waals surface area contributed by atoms with Crippen LogP contribution in [-0.4, -0.2) is 31.0 Å². The van der Waals surface area contributed by atoms with Crippen molar-refractivity contribution in [2.75, 3.05) is 13.6 Å². The standard InChI is InChI=1S/C17H20F2N2O2S/c1-12-7-8-24-15(12)9-20-16(22)11-21(2)10-13-3-5-14(6-4-13)23-17(18)19/h3-8,17H,9-11H2,1-2H3,(H,20,22). The van der Waals surface area contributed by atoms with Crippen molar-refractivity contribution >= 4 is 17.2 Å². The summed E-state index contributed by atoms with van der Waals surface area (Å²) in [5.74, 6) is 0.0726. The van der Waals surface area contributed by atoms with Crippen molar-refractivity contribution in [2.45, 2.75) is 26.6 Å². The third-order valence-electron chi connectivity index (χ3n) is 3.43. The maximum Gasteiger partial charge on any atom is 0.387 e. The van der Waals surface area contributed by atoms with Crippen LogP contribution in [0.2, 0.25) is 0 Å². The van der Waals surface area contributed by atoms with E-state index in [-0.39, 0.29) is 18.2 Å². The number of hydrogen-bond donors (Lipinski definition) is 1. The van der Waals surface area contributed by atoms with Crippen LogP contribution in [0, 0.1) is 6.92 Å². The Hall–Kier alpha value is -1.99. The molecule has 0 saturated heterocycles. The van der Waals surface area contributed by atoms with Gasteiger partial charge < -0.3 is 10.1 Å². The Kier molecular flexibility index (Phi) is 6.69. The maximum atomic E-state index is 12.1. The molecule has 0 aliphatic carbocycles. The summed E-state index contributed by atoms with van der Waals surface area (Å²) in [4.78, 5) is 15.0. The number of alkyl halides is 2. The maximum absolute atomic E-state index is 12.1. The van der Waals surface area contributed by atoms with Gasteiger partial charge in [-0.15, -0.1) is 11.3 Å². The van der Waals surface area contributed by atoms with Crippen molar-refractivity contribution in [3.63, 3.8) is 0 Å². The molecule has 0 fully saturated rings. The molecule has 24 heavy (non-hydrogen) atoms. The van der Waals surface area contributed by atoms with E-state index in [0.29, 0.717) is 13.1 Å². The Balaban J connectivity index is 1.76. The van der Waals surface area contributed by atoms with Gasteiger partial charge in [-0.05, 0) is 48.7 Å². The topological polar surface area (TPSA) is 41.6 Å². The molecule has 2 rings (SSSR count). The summed E-state index contributed by atoms with van der Waals surface area (Å²) in [6, 6.07) is 8.44. The highest BCUT2D eigenvalue weighted by Gasteiger charge is 2.09. The van der Waals surface area contributed by atoms with Crippen LogP contribution in [0.5, 0.6) is 5.75 Å². The highest BCUT2D eigenvalue weighted by molar-refractivity contribution is 7.10. The molecule has 0 aliphatic heterocycles. The molecule has 0 bridgehead atoms. The minimum absolute atomic E-state index is 0.0528. The van der Waals surface area contributed by atoms with Crippen molar-refractivity contribution in [1.29, 1.82) is 0 Å². The first-order valence-electron chi connectivity index (χ1n) is 7.46. The van der Waals surface area contributed by atoms with Crippen LogP contribution >= 0.6 is 11.3 Å². The first-order chi connectivity index (χ1) is 11.4. The molecule has 0 unspecified atom stereocenters. The normalized spacial score (nSPS) is 11.1. The highest BCUT2D eigenvalue weighted by atomic mass is 32.1. The summed E-state index contributed by atoms with van der Waals surface area (Å²) >= 11 is 1.62. The molecule has 0 aliphatic rings. The van der Waals surface area contributed by atoms with Gasteiger partial charge in [0.05, 0.1) is 13.1 Å². The van der Waals surface area contributed by atoms with Gasteiger partial charge in [-0.2, -0.15) is 8.78 Å². The fourth-order valence-electron chi connectivity index (χ4n) is 2.21. The molecule has 2 aromatic rings. The summed E-state index contributed by atoms with van der Waals surface area (Å²) in [5.41, 5.74) is 2.10. The molecule has 1 aromatic heterocycles. The van der Waals surface area contributed by atoms with Crippen molar-refractivity contribution in [3.8, 4) is 5.75 Å². The average Bonchev–Trinajstić information content (AvgIpc) is 2.92. The summed E-state index contributed by atoms with van der Waals surface area (Å²) in [7, 11) is 1.83. The lowest BCUT2D eigenvalue weighted by Crippen LogP contribution is -2.34. The number of amides is 1. The van der Waals surface area contributed by atoms with Gasteiger partial charge in [-0.25, -0.2) is 0 Å². The van der Waals surface area contributed by atoms with Gasteiger partial charge in [0.1, 0.15) is 5.75 Å². The van der Waals surface area contributed by atoms with E-state index in [2.05, 4.69) is 10.1 Å². The lowest BCUT2D eigenvalue weighted by molar-refractivity contribution is -0.122. The molecule has 1 aromatic carbocycles. The van der Waals surface area contributed by atoms with Crippen molar-refractivity contribution in [2.24, 2.45) is 0 Å². The quantitative estimate of drug-likeness (QED) is 0.790. The van der Waals surface area contributed by atoms with Crippen molar-refractivity contribution < 1.29 is 18.3 Å². The Morgan fingerprint density at radius 2 is 2.00 bits per heavy atom. The molecule has 1 amide bonds. The first kappa shape index (κ1) is 18.4. The second-order valence-corrected chi connectivity index (χ2v) is 6.50. The van der Waals surface area contributed by atoms with Crippen LogP contribution in [0.3, 0.4) is 0 Å². The van der Waals surface area contributed by atoms with E-state index in [1.165, 1.54) is 17.7 Å². The SMILES string of the molecule is Cc1ccsc1CNC(=O)CN(C)Cc1ccc(OC(F)F)cc1. The number of carbonyl (C=O) groups excluding carboxylic acids is 1. The van der Waals surface area contributed by atoms with Crippen LogP contribution in [0.1, 0.15) is 16.0 Å². The number of thiophene rings is 1. The highest BCUT2D eigenvalue weighted by Crippen LogP contribution is 2.16. The number of benzene rings is 1. The van der Waals surface area contributed by atoms with E-state index in [4.69, 9.17) is 0 Å². The van der Waals surface area contributed by atoms with Gasteiger partial charge in [0.25, 0.3) is 0 Å². The van der Waals surface area contributed by atoms with Crippen LogP contribution in [0.15, 0.2) is 35.7 Å². The number of ether oxygens (including phenoxy) is 1. The largest absolute Gasteiger partial charge is 0.435 e. The number of aryl methyl sites for hydroxylation is 1. The van der Waals surface area contributed by atoms with Gasteiger partial charge in [-0.3, -0.25) is 9.69 Å². The molecular formula is C17H20F2N2O2S. The first-order valence-corrected chi connectivity index (χ1v) is 8.34. The lowest BCUT2D eigenvalue weighted by Gasteiger charge is -2.16. The second kappa shape index (κ2) is 8.75. The molecule has 0 spiro atoms. The van der Waals surface area contributed by atoms with Crippen molar-refractivity contribution in [3.05, 3.63) is 51.7 Å². The van der Waals surface area contributed by atoms with E-state index < -0.39 is 6.61 Å². The number of rotatable bonds is 8. The summed E-state index contributed by atoms with van der Waals surface area (Å²) in [6.07, 6.45) is 0. The fourth-order valence-corrected chi connectivity index (χ4v) is 3.05. The zero-order valence-corrected chi connectivity index (χ0v) is 14.4. The molecule has 0 radical (unpaired) electrons. The smallest absolute Gasteiger partial charge is 0.387 e. The number of nitrogens with one attached hydrogen (secondary N) is 1. The zero-order valence-electron chi connectivity index (χ0n) is 13.6. The Labute approximate surface area is 144 Å². The Bertz CT molecular complexity index is 659. The number of likely N-dealkylation sites (N-methyl/N-ethyl adjacent to an activating group) is 1.